The van der Waals surface area contributed by atoms with Crippen LogP contribution in [0.2, 0.25) is 0 Å². The third-order valence-electron chi connectivity index (χ3n) is 4.90. The third-order valence-corrected chi connectivity index (χ3v) is 4.90. The van der Waals surface area contributed by atoms with Crippen LogP contribution in [0.4, 0.5) is 0 Å². The van der Waals surface area contributed by atoms with E-state index in [0.29, 0.717) is 0 Å². The van der Waals surface area contributed by atoms with E-state index in [9.17, 15) is 0 Å². The molecule has 0 aromatic carbocycles. The summed E-state index contributed by atoms with van der Waals surface area (Å²) < 4.78 is 1.29. The van der Waals surface area contributed by atoms with Gasteiger partial charge in [0.1, 0.15) is 0 Å². The van der Waals surface area contributed by atoms with Gasteiger partial charge in [-0.1, -0.05) is 78.7 Å². The molecular weight excluding hydrogens is 266 g/mol. The average Bonchev–Trinajstić information content (AvgIpc) is 2.50. The fourth-order valence-corrected chi connectivity index (χ4v) is 3.77. The van der Waals surface area contributed by atoms with Gasteiger partial charge in [-0.15, -0.1) is 0 Å². The molecule has 0 unspecified atom stereocenters. The fraction of sp³-hybridized carbons (Fsp3) is 0.905. The van der Waals surface area contributed by atoms with Crippen LogP contribution >= 0.6 is 0 Å². The fourth-order valence-electron chi connectivity index (χ4n) is 3.77. The summed E-state index contributed by atoms with van der Waals surface area (Å²) in [6.07, 6.45) is 19.1. The van der Waals surface area contributed by atoms with E-state index in [2.05, 4.69) is 33.4 Å². The Bertz CT molecular complexity index is 228. The minimum atomic E-state index is 1.17. The Morgan fingerprint density at radius 1 is 0.591 bits per heavy atom. The van der Waals surface area contributed by atoms with Gasteiger partial charge in [0.15, 0.2) is 0 Å². The molecular formula is C21H44N+. The molecule has 0 aliphatic heterocycles. The molecule has 0 N–H and O–H groups in total. The largest absolute Gasteiger partial charge is 0.320 e. The molecule has 0 bridgehead atoms. The second-order valence-electron chi connectivity index (χ2n) is 7.17. The highest BCUT2D eigenvalue weighted by Gasteiger charge is 2.23. The monoisotopic (exact) mass is 310 g/mol. The normalized spacial score (nSPS) is 11.8. The molecule has 0 spiro atoms. The van der Waals surface area contributed by atoms with E-state index in [0.717, 1.165) is 0 Å². The van der Waals surface area contributed by atoms with Crippen LogP contribution < -0.4 is 0 Å². The molecule has 0 atom stereocenters. The van der Waals surface area contributed by atoms with Crippen molar-refractivity contribution < 1.29 is 4.48 Å². The summed E-state index contributed by atoms with van der Waals surface area (Å²) in [6.45, 7) is 16.1. The van der Waals surface area contributed by atoms with Crippen molar-refractivity contribution >= 4 is 0 Å². The Kier molecular flexibility index (Phi) is 15.4. The van der Waals surface area contributed by atoms with Gasteiger partial charge in [0.05, 0.1) is 26.2 Å². The first kappa shape index (κ1) is 21.7. The zero-order valence-electron chi connectivity index (χ0n) is 16.0. The summed E-state index contributed by atoms with van der Waals surface area (Å²) in [7, 11) is 0. The maximum atomic E-state index is 3.99. The molecule has 132 valence electrons. The Hall–Kier alpha value is -0.300. The molecule has 1 heteroatoms. The summed E-state index contributed by atoms with van der Waals surface area (Å²) in [4.78, 5) is 0. The Morgan fingerprint density at radius 2 is 1.05 bits per heavy atom. The van der Waals surface area contributed by atoms with Gasteiger partial charge in [0, 0.05) is 0 Å². The molecule has 0 rings (SSSR count). The highest BCUT2D eigenvalue weighted by molar-refractivity contribution is 4.66. The van der Waals surface area contributed by atoms with E-state index in [1.165, 1.54) is 108 Å². The van der Waals surface area contributed by atoms with Crippen molar-refractivity contribution in [1.82, 2.24) is 0 Å². The second-order valence-corrected chi connectivity index (χ2v) is 7.17. The lowest BCUT2D eigenvalue weighted by molar-refractivity contribution is -0.923. The molecule has 0 fully saturated rings. The predicted octanol–water partition coefficient (Wildman–Crippen LogP) is 6.73. The molecule has 0 amide bonds. The molecule has 0 aromatic heterocycles. The van der Waals surface area contributed by atoms with Crippen molar-refractivity contribution in [3.05, 3.63) is 12.7 Å². The van der Waals surface area contributed by atoms with Crippen LogP contribution in [0.1, 0.15) is 97.8 Å². The first-order valence-electron chi connectivity index (χ1n) is 10.2. The first-order chi connectivity index (χ1) is 10.7. The summed E-state index contributed by atoms with van der Waals surface area (Å²) in [5.74, 6) is 0. The zero-order valence-corrected chi connectivity index (χ0v) is 16.0. The maximum Gasteiger partial charge on any atom is 0.0971 e. The molecule has 0 aliphatic carbocycles. The summed E-state index contributed by atoms with van der Waals surface area (Å²) >= 11 is 0. The van der Waals surface area contributed by atoms with Crippen molar-refractivity contribution in [2.75, 3.05) is 26.2 Å². The summed E-state index contributed by atoms with van der Waals surface area (Å²) in [6, 6.07) is 0. The van der Waals surface area contributed by atoms with Gasteiger partial charge < -0.3 is 4.48 Å². The molecule has 0 heterocycles. The van der Waals surface area contributed by atoms with E-state index in [1.54, 1.807) is 0 Å². The van der Waals surface area contributed by atoms with Gasteiger partial charge in [0.2, 0.25) is 0 Å². The maximum absolute atomic E-state index is 3.99. The molecule has 0 saturated carbocycles. The second kappa shape index (κ2) is 15.6. The van der Waals surface area contributed by atoms with Crippen molar-refractivity contribution in [3.63, 3.8) is 0 Å². The van der Waals surface area contributed by atoms with E-state index >= 15 is 0 Å². The first-order valence-corrected chi connectivity index (χ1v) is 10.2. The van der Waals surface area contributed by atoms with Crippen molar-refractivity contribution in [2.45, 2.75) is 97.8 Å². The Morgan fingerprint density at radius 3 is 1.45 bits per heavy atom. The molecule has 0 radical (unpaired) electrons. The Balaban J connectivity index is 3.72. The number of rotatable bonds is 17. The standard InChI is InChI=1S/C21H44N/c1-5-9-10-11-12-13-14-15-16-17-21-22(18-6-2,19-7-3)20-8-4/h6H,2,5,7-21H2,1,3-4H3/q+1. The minimum Gasteiger partial charge on any atom is -0.320 e. The lowest BCUT2D eigenvalue weighted by Gasteiger charge is -2.38. The average molecular weight is 311 g/mol. The molecule has 1 nitrogen and oxygen atoms in total. The van der Waals surface area contributed by atoms with Gasteiger partial charge in [-0.05, 0) is 31.8 Å². The summed E-state index contributed by atoms with van der Waals surface area (Å²) in [5, 5.41) is 0. The van der Waals surface area contributed by atoms with Crippen LogP contribution in [0, 0.1) is 0 Å². The number of unbranched alkanes of at least 4 members (excludes halogenated alkanes) is 9. The SMILES string of the molecule is C=CC[N+](CCC)(CCC)CCCCCCCCCCCC. The van der Waals surface area contributed by atoms with Gasteiger partial charge in [0.25, 0.3) is 0 Å². The zero-order chi connectivity index (χ0) is 16.5. The quantitative estimate of drug-likeness (QED) is 0.159. The lowest BCUT2D eigenvalue weighted by atomic mass is 10.1. The molecule has 0 saturated heterocycles. The number of hydrogen-bond donors (Lipinski definition) is 0. The number of quaternary nitrogens is 1. The van der Waals surface area contributed by atoms with E-state index in [-0.39, 0.29) is 0 Å². The molecule has 0 aromatic rings. The third kappa shape index (κ3) is 11.3. The van der Waals surface area contributed by atoms with Gasteiger partial charge in [-0.2, -0.15) is 0 Å². The minimum absolute atomic E-state index is 1.17. The van der Waals surface area contributed by atoms with Crippen LogP contribution in [-0.4, -0.2) is 30.7 Å². The van der Waals surface area contributed by atoms with E-state index < -0.39 is 0 Å². The van der Waals surface area contributed by atoms with Gasteiger partial charge in [-0.3, -0.25) is 0 Å². The predicted molar refractivity (Wildman–Crippen MR) is 102 cm³/mol. The smallest absolute Gasteiger partial charge is 0.0971 e. The van der Waals surface area contributed by atoms with Crippen LogP contribution in [-0.2, 0) is 0 Å². The van der Waals surface area contributed by atoms with Crippen LogP contribution in [0.15, 0.2) is 12.7 Å². The van der Waals surface area contributed by atoms with Gasteiger partial charge >= 0.3 is 0 Å². The highest BCUT2D eigenvalue weighted by Crippen LogP contribution is 2.15. The van der Waals surface area contributed by atoms with Crippen molar-refractivity contribution in [3.8, 4) is 0 Å². The van der Waals surface area contributed by atoms with Crippen molar-refractivity contribution in [1.29, 1.82) is 0 Å². The summed E-state index contributed by atoms with van der Waals surface area (Å²) in [5.41, 5.74) is 0. The molecule has 0 aliphatic rings. The Labute approximate surface area is 141 Å². The van der Waals surface area contributed by atoms with E-state index in [1.807, 2.05) is 0 Å². The highest BCUT2D eigenvalue weighted by atomic mass is 15.3. The number of hydrogen-bond acceptors (Lipinski definition) is 0. The van der Waals surface area contributed by atoms with Gasteiger partial charge in [-0.25, -0.2) is 0 Å². The molecule has 22 heavy (non-hydrogen) atoms. The topological polar surface area (TPSA) is 0 Å². The lowest BCUT2D eigenvalue weighted by Crippen LogP contribution is -2.49. The van der Waals surface area contributed by atoms with Crippen molar-refractivity contribution in [2.24, 2.45) is 0 Å². The van der Waals surface area contributed by atoms with E-state index in [4.69, 9.17) is 0 Å². The van der Waals surface area contributed by atoms with Crippen LogP contribution in [0.5, 0.6) is 0 Å². The van der Waals surface area contributed by atoms with Crippen LogP contribution in [0.25, 0.3) is 0 Å². The number of nitrogens with zero attached hydrogens (tertiary/aromatic N) is 1. The van der Waals surface area contributed by atoms with Crippen LogP contribution in [0.3, 0.4) is 0 Å².